The maximum Gasteiger partial charge on any atom is 0.341 e. The molecule has 156 valence electrons. The van der Waals surface area contributed by atoms with Gasteiger partial charge < -0.3 is 14.8 Å². The average molecular weight is 444 g/mol. The van der Waals surface area contributed by atoms with Crippen molar-refractivity contribution in [2.75, 3.05) is 18.5 Å². The van der Waals surface area contributed by atoms with Crippen molar-refractivity contribution in [2.45, 2.75) is 20.8 Å². The molecule has 0 atom stereocenters. The Hall–Kier alpha value is -2.83. The van der Waals surface area contributed by atoms with Crippen molar-refractivity contribution < 1.29 is 19.1 Å². The summed E-state index contributed by atoms with van der Waals surface area (Å²) in [6.07, 6.45) is 0. The van der Waals surface area contributed by atoms with Gasteiger partial charge in [-0.15, -0.1) is 11.3 Å². The third-order valence-electron chi connectivity index (χ3n) is 4.32. The average Bonchev–Trinajstić information content (AvgIpc) is 3.15. The highest BCUT2D eigenvalue weighted by atomic mass is 35.5. The number of carbonyl (C=O) groups excluding carboxylic acids is 2. The molecule has 30 heavy (non-hydrogen) atoms. The Bertz CT molecular complexity index is 1040. The van der Waals surface area contributed by atoms with Crippen molar-refractivity contribution in [3.05, 3.63) is 70.2 Å². The van der Waals surface area contributed by atoms with E-state index in [1.54, 1.807) is 25.1 Å². The van der Waals surface area contributed by atoms with E-state index in [1.807, 2.05) is 44.2 Å². The highest BCUT2D eigenvalue weighted by Crippen LogP contribution is 2.36. The van der Waals surface area contributed by atoms with Crippen molar-refractivity contribution in [3.8, 4) is 16.2 Å². The maximum absolute atomic E-state index is 12.5. The standard InChI is InChI=1S/C23H22ClNO4S/c1-4-28-23(27)18-12-19(16-8-6-5-7-9-16)30-22(18)25-20(26)13-29-17-10-14(2)21(24)15(3)11-17/h5-12H,4,13H2,1-3H3,(H,25,26). The number of hydrogen-bond acceptors (Lipinski definition) is 5. The Morgan fingerprint density at radius 2 is 1.73 bits per heavy atom. The number of halogens is 1. The Morgan fingerprint density at radius 1 is 1.07 bits per heavy atom. The van der Waals surface area contributed by atoms with Crippen molar-refractivity contribution in [3.63, 3.8) is 0 Å². The van der Waals surface area contributed by atoms with Gasteiger partial charge in [-0.05, 0) is 55.7 Å². The van der Waals surface area contributed by atoms with E-state index in [0.717, 1.165) is 21.6 Å². The van der Waals surface area contributed by atoms with Crippen LogP contribution < -0.4 is 10.1 Å². The van der Waals surface area contributed by atoms with E-state index >= 15 is 0 Å². The molecule has 2 aromatic carbocycles. The summed E-state index contributed by atoms with van der Waals surface area (Å²) < 4.78 is 10.8. The number of hydrogen-bond donors (Lipinski definition) is 1. The summed E-state index contributed by atoms with van der Waals surface area (Å²) in [5, 5.41) is 3.89. The molecule has 0 radical (unpaired) electrons. The molecule has 0 unspecified atom stereocenters. The first-order valence-corrected chi connectivity index (χ1v) is 10.6. The predicted molar refractivity (Wildman–Crippen MR) is 121 cm³/mol. The van der Waals surface area contributed by atoms with Gasteiger partial charge in [-0.1, -0.05) is 41.9 Å². The van der Waals surface area contributed by atoms with Crippen LogP contribution >= 0.6 is 22.9 Å². The van der Waals surface area contributed by atoms with E-state index in [4.69, 9.17) is 21.1 Å². The summed E-state index contributed by atoms with van der Waals surface area (Å²) in [6.45, 7) is 5.56. The van der Waals surface area contributed by atoms with Crippen LogP contribution in [0, 0.1) is 13.8 Å². The molecule has 1 N–H and O–H groups in total. The monoisotopic (exact) mass is 443 g/mol. The molecule has 3 rings (SSSR count). The molecular weight excluding hydrogens is 422 g/mol. The Morgan fingerprint density at radius 3 is 2.37 bits per heavy atom. The van der Waals surface area contributed by atoms with Crippen LogP contribution in [0.5, 0.6) is 5.75 Å². The lowest BCUT2D eigenvalue weighted by Crippen LogP contribution is -2.21. The van der Waals surface area contributed by atoms with Gasteiger partial charge in [0, 0.05) is 9.90 Å². The van der Waals surface area contributed by atoms with E-state index in [-0.39, 0.29) is 19.1 Å². The quantitative estimate of drug-likeness (QED) is 0.463. The zero-order valence-corrected chi connectivity index (χ0v) is 18.5. The molecule has 1 heterocycles. The number of carbonyl (C=O) groups is 2. The summed E-state index contributed by atoms with van der Waals surface area (Å²) >= 11 is 7.49. The fourth-order valence-electron chi connectivity index (χ4n) is 2.89. The molecular formula is C23H22ClNO4S. The highest BCUT2D eigenvalue weighted by Gasteiger charge is 2.20. The topological polar surface area (TPSA) is 64.6 Å². The molecule has 1 aromatic heterocycles. The van der Waals surface area contributed by atoms with Crippen molar-refractivity contribution in [1.82, 2.24) is 0 Å². The number of amides is 1. The van der Waals surface area contributed by atoms with E-state index in [9.17, 15) is 9.59 Å². The number of benzene rings is 2. The van der Waals surface area contributed by atoms with Crippen LogP contribution in [-0.2, 0) is 9.53 Å². The number of anilines is 1. The van der Waals surface area contributed by atoms with E-state index < -0.39 is 5.97 Å². The van der Waals surface area contributed by atoms with Gasteiger partial charge in [0.05, 0.1) is 12.2 Å². The third-order valence-corrected chi connectivity index (χ3v) is 6.01. The van der Waals surface area contributed by atoms with Gasteiger partial charge in [-0.2, -0.15) is 0 Å². The molecule has 0 aliphatic carbocycles. The van der Waals surface area contributed by atoms with E-state index in [1.165, 1.54) is 11.3 Å². The van der Waals surface area contributed by atoms with Crippen LogP contribution in [-0.4, -0.2) is 25.1 Å². The van der Waals surface area contributed by atoms with Gasteiger partial charge in [0.1, 0.15) is 10.8 Å². The van der Waals surface area contributed by atoms with Gasteiger partial charge >= 0.3 is 5.97 Å². The minimum atomic E-state index is -0.476. The van der Waals surface area contributed by atoms with Crippen LogP contribution in [0.3, 0.4) is 0 Å². The first kappa shape index (κ1) is 21.9. The number of aryl methyl sites for hydroxylation is 2. The Labute approximate surface area is 184 Å². The van der Waals surface area contributed by atoms with Gasteiger partial charge in [0.25, 0.3) is 5.91 Å². The first-order valence-electron chi connectivity index (χ1n) is 9.44. The second-order valence-electron chi connectivity index (χ2n) is 6.65. The minimum absolute atomic E-state index is 0.193. The second kappa shape index (κ2) is 9.78. The minimum Gasteiger partial charge on any atom is -0.484 e. The normalized spacial score (nSPS) is 10.5. The molecule has 0 saturated carbocycles. The lowest BCUT2D eigenvalue weighted by Gasteiger charge is -2.10. The molecule has 1 amide bonds. The number of ether oxygens (including phenoxy) is 2. The van der Waals surface area contributed by atoms with Gasteiger partial charge in [-0.3, -0.25) is 4.79 Å². The molecule has 0 fully saturated rings. The first-order chi connectivity index (χ1) is 14.4. The summed E-state index contributed by atoms with van der Waals surface area (Å²) in [4.78, 5) is 25.7. The fourth-order valence-corrected chi connectivity index (χ4v) is 4.07. The maximum atomic E-state index is 12.5. The highest BCUT2D eigenvalue weighted by molar-refractivity contribution is 7.20. The van der Waals surface area contributed by atoms with Gasteiger partial charge in [-0.25, -0.2) is 4.79 Å². The lowest BCUT2D eigenvalue weighted by molar-refractivity contribution is -0.118. The number of rotatable bonds is 7. The fraction of sp³-hybridized carbons (Fsp3) is 0.217. The second-order valence-corrected chi connectivity index (χ2v) is 8.08. The lowest BCUT2D eigenvalue weighted by atomic mass is 10.1. The smallest absolute Gasteiger partial charge is 0.341 e. The van der Waals surface area contributed by atoms with Crippen LogP contribution in [0.4, 0.5) is 5.00 Å². The number of nitrogens with one attached hydrogen (secondary N) is 1. The largest absolute Gasteiger partial charge is 0.484 e. The Balaban J connectivity index is 1.76. The van der Waals surface area contributed by atoms with Crippen molar-refractivity contribution in [2.24, 2.45) is 0 Å². The van der Waals surface area contributed by atoms with Gasteiger partial charge in [0.15, 0.2) is 6.61 Å². The van der Waals surface area contributed by atoms with Crippen LogP contribution in [0.1, 0.15) is 28.4 Å². The van der Waals surface area contributed by atoms with E-state index in [0.29, 0.717) is 21.3 Å². The van der Waals surface area contributed by atoms with Crippen LogP contribution in [0.25, 0.3) is 10.4 Å². The summed E-state index contributed by atoms with van der Waals surface area (Å²) in [5.74, 6) is -0.283. The van der Waals surface area contributed by atoms with Gasteiger partial charge in [0.2, 0.25) is 0 Å². The van der Waals surface area contributed by atoms with Crippen LogP contribution in [0.15, 0.2) is 48.5 Å². The predicted octanol–water partition coefficient (Wildman–Crippen LogP) is 5.88. The number of esters is 1. The molecule has 7 heteroatoms. The number of thiophene rings is 1. The molecule has 0 saturated heterocycles. The zero-order valence-electron chi connectivity index (χ0n) is 17.0. The molecule has 5 nitrogen and oxygen atoms in total. The SMILES string of the molecule is CCOC(=O)c1cc(-c2ccccc2)sc1NC(=O)COc1cc(C)c(Cl)c(C)c1. The molecule has 3 aromatic rings. The zero-order chi connectivity index (χ0) is 21.7. The van der Waals surface area contributed by atoms with E-state index in [2.05, 4.69) is 5.32 Å². The summed E-state index contributed by atoms with van der Waals surface area (Å²) in [5.41, 5.74) is 3.04. The summed E-state index contributed by atoms with van der Waals surface area (Å²) in [6, 6.07) is 14.9. The Kier molecular flexibility index (Phi) is 7.13. The summed E-state index contributed by atoms with van der Waals surface area (Å²) in [7, 11) is 0. The third kappa shape index (κ3) is 5.20. The molecule has 0 aliphatic heterocycles. The van der Waals surface area contributed by atoms with Crippen LogP contribution in [0.2, 0.25) is 5.02 Å². The van der Waals surface area contributed by atoms with Crippen molar-refractivity contribution >= 4 is 39.8 Å². The molecule has 0 aliphatic rings. The molecule has 0 spiro atoms. The molecule has 0 bridgehead atoms. The van der Waals surface area contributed by atoms with Crippen molar-refractivity contribution in [1.29, 1.82) is 0 Å².